The quantitative estimate of drug-likeness (QED) is 0.863. The van der Waals surface area contributed by atoms with Crippen LogP contribution < -0.4 is 5.32 Å². The van der Waals surface area contributed by atoms with Crippen LogP contribution in [0.25, 0.3) is 0 Å². The first-order valence-electron chi connectivity index (χ1n) is 6.30. The molecule has 0 fully saturated rings. The van der Waals surface area contributed by atoms with Gasteiger partial charge in [0.1, 0.15) is 0 Å². The normalized spacial score (nSPS) is 10.3. The van der Waals surface area contributed by atoms with Gasteiger partial charge in [0.25, 0.3) is 0 Å². The maximum Gasteiger partial charge on any atom is 0.335 e. The number of nitrogens with one attached hydrogen (secondary N) is 1. The van der Waals surface area contributed by atoms with Gasteiger partial charge in [0.15, 0.2) is 0 Å². The van der Waals surface area contributed by atoms with Crippen molar-refractivity contribution in [3.8, 4) is 0 Å². The number of rotatable bonds is 5. The molecule has 2 N–H and O–H groups in total. The Balaban J connectivity index is 1.94. The molecule has 0 aliphatic rings. The van der Waals surface area contributed by atoms with E-state index in [1.54, 1.807) is 18.2 Å². The average molecular weight is 272 g/mol. The standard InChI is InChI=1S/C14H16N4O2/c1-9-10(2)17-18-14(16-9)15-7-6-11-4-3-5-12(8-11)13(19)20/h3-5,8H,6-7H2,1-2H3,(H,19,20)(H,15,16,18). The first kappa shape index (κ1) is 13.9. The third kappa shape index (κ3) is 3.50. The van der Waals surface area contributed by atoms with Gasteiger partial charge in [-0.1, -0.05) is 12.1 Å². The number of hydrogen-bond acceptors (Lipinski definition) is 5. The van der Waals surface area contributed by atoms with Crippen LogP contribution in [0.15, 0.2) is 24.3 Å². The molecule has 104 valence electrons. The molecule has 0 radical (unpaired) electrons. The maximum absolute atomic E-state index is 10.9. The average Bonchev–Trinajstić information content (AvgIpc) is 2.43. The number of benzene rings is 1. The molecule has 0 aliphatic heterocycles. The van der Waals surface area contributed by atoms with Crippen LogP contribution in [0.3, 0.4) is 0 Å². The van der Waals surface area contributed by atoms with E-state index in [9.17, 15) is 4.79 Å². The molecule has 0 unspecified atom stereocenters. The summed E-state index contributed by atoms with van der Waals surface area (Å²) in [7, 11) is 0. The molecule has 6 heteroatoms. The Hall–Kier alpha value is -2.50. The summed E-state index contributed by atoms with van der Waals surface area (Å²) in [5, 5.41) is 19.9. The number of carboxylic acids is 1. The van der Waals surface area contributed by atoms with Crippen LogP contribution in [0, 0.1) is 13.8 Å². The molecule has 1 heterocycles. The van der Waals surface area contributed by atoms with Crippen LogP contribution in [0.1, 0.15) is 27.3 Å². The topological polar surface area (TPSA) is 88.0 Å². The van der Waals surface area contributed by atoms with Crippen molar-refractivity contribution in [3.63, 3.8) is 0 Å². The minimum Gasteiger partial charge on any atom is -0.478 e. The highest BCUT2D eigenvalue weighted by atomic mass is 16.4. The van der Waals surface area contributed by atoms with Gasteiger partial charge >= 0.3 is 5.97 Å². The summed E-state index contributed by atoms with van der Waals surface area (Å²) in [5.41, 5.74) is 2.90. The minimum absolute atomic E-state index is 0.298. The summed E-state index contributed by atoms with van der Waals surface area (Å²) in [6.45, 7) is 4.36. The SMILES string of the molecule is Cc1nnc(NCCc2cccc(C(=O)O)c2)nc1C. The van der Waals surface area contributed by atoms with Crippen LogP contribution in [-0.2, 0) is 6.42 Å². The Kier molecular flexibility index (Phi) is 4.24. The van der Waals surface area contributed by atoms with Crippen molar-refractivity contribution in [3.05, 3.63) is 46.8 Å². The monoisotopic (exact) mass is 272 g/mol. The Morgan fingerprint density at radius 2 is 2.05 bits per heavy atom. The summed E-state index contributed by atoms with van der Waals surface area (Å²) in [6, 6.07) is 6.89. The highest BCUT2D eigenvalue weighted by Gasteiger charge is 2.04. The molecule has 2 rings (SSSR count). The van der Waals surface area contributed by atoms with Gasteiger partial charge in [0.05, 0.1) is 17.0 Å². The Morgan fingerprint density at radius 3 is 2.75 bits per heavy atom. The third-order valence-electron chi connectivity index (χ3n) is 2.96. The number of hydrogen-bond donors (Lipinski definition) is 2. The van der Waals surface area contributed by atoms with Crippen LogP contribution in [0.2, 0.25) is 0 Å². The highest BCUT2D eigenvalue weighted by Crippen LogP contribution is 2.07. The largest absolute Gasteiger partial charge is 0.478 e. The molecule has 20 heavy (non-hydrogen) atoms. The van der Waals surface area contributed by atoms with Crippen LogP contribution in [0.4, 0.5) is 5.95 Å². The van der Waals surface area contributed by atoms with Gasteiger partial charge < -0.3 is 10.4 Å². The first-order valence-corrected chi connectivity index (χ1v) is 6.30. The van der Waals surface area contributed by atoms with E-state index in [0.717, 1.165) is 17.0 Å². The van der Waals surface area contributed by atoms with Crippen molar-refractivity contribution >= 4 is 11.9 Å². The number of aryl methyl sites for hydroxylation is 2. The molecular weight excluding hydrogens is 256 g/mol. The van der Waals surface area contributed by atoms with Gasteiger partial charge in [-0.25, -0.2) is 9.78 Å². The molecule has 6 nitrogen and oxygen atoms in total. The number of carbonyl (C=O) groups is 1. The van der Waals surface area contributed by atoms with Gasteiger partial charge in [-0.05, 0) is 38.0 Å². The van der Waals surface area contributed by atoms with Gasteiger partial charge in [0.2, 0.25) is 5.95 Å². The Labute approximate surface area is 116 Å². The molecule has 0 amide bonds. The van der Waals surface area contributed by atoms with E-state index in [2.05, 4.69) is 20.5 Å². The van der Waals surface area contributed by atoms with E-state index in [1.807, 2.05) is 19.9 Å². The second kappa shape index (κ2) is 6.10. The van der Waals surface area contributed by atoms with Gasteiger partial charge in [-0.2, -0.15) is 5.10 Å². The van der Waals surface area contributed by atoms with Crippen molar-refractivity contribution < 1.29 is 9.90 Å². The van der Waals surface area contributed by atoms with Crippen molar-refractivity contribution in [2.75, 3.05) is 11.9 Å². The molecule has 1 aromatic carbocycles. The zero-order valence-electron chi connectivity index (χ0n) is 11.4. The van der Waals surface area contributed by atoms with Crippen LogP contribution in [-0.4, -0.2) is 32.8 Å². The summed E-state index contributed by atoms with van der Waals surface area (Å²) in [4.78, 5) is 15.1. The predicted molar refractivity (Wildman–Crippen MR) is 74.9 cm³/mol. The summed E-state index contributed by atoms with van der Waals surface area (Å²) in [5.74, 6) is -0.427. The van der Waals surface area contributed by atoms with Crippen molar-refractivity contribution in [1.29, 1.82) is 0 Å². The molecule has 0 saturated heterocycles. The molecular formula is C14H16N4O2. The van der Waals surface area contributed by atoms with Crippen molar-refractivity contribution in [1.82, 2.24) is 15.2 Å². The number of aromatic carboxylic acids is 1. The molecule has 0 atom stereocenters. The molecule has 0 saturated carbocycles. The maximum atomic E-state index is 10.9. The second-order valence-electron chi connectivity index (χ2n) is 4.49. The van der Waals surface area contributed by atoms with E-state index in [4.69, 9.17) is 5.11 Å². The lowest BCUT2D eigenvalue weighted by molar-refractivity contribution is 0.0697. The molecule has 2 aromatic rings. The summed E-state index contributed by atoms with van der Waals surface area (Å²) >= 11 is 0. The number of carboxylic acid groups (broad SMARTS) is 1. The van der Waals surface area contributed by atoms with Crippen LogP contribution in [0.5, 0.6) is 0 Å². The predicted octanol–water partition coefficient (Wildman–Crippen LogP) is 1.84. The lowest BCUT2D eigenvalue weighted by atomic mass is 10.1. The molecule has 0 spiro atoms. The lowest BCUT2D eigenvalue weighted by Crippen LogP contribution is -2.10. The number of anilines is 1. The van der Waals surface area contributed by atoms with E-state index in [-0.39, 0.29) is 0 Å². The van der Waals surface area contributed by atoms with E-state index >= 15 is 0 Å². The number of aromatic nitrogens is 3. The fourth-order valence-electron chi connectivity index (χ4n) is 1.71. The molecule has 1 aromatic heterocycles. The number of nitrogens with zero attached hydrogens (tertiary/aromatic N) is 3. The van der Waals surface area contributed by atoms with Gasteiger partial charge in [0, 0.05) is 6.54 Å². The van der Waals surface area contributed by atoms with Gasteiger partial charge in [-0.3, -0.25) is 0 Å². The Bertz CT molecular complexity index is 628. The van der Waals surface area contributed by atoms with E-state index < -0.39 is 5.97 Å². The lowest BCUT2D eigenvalue weighted by Gasteiger charge is -2.06. The summed E-state index contributed by atoms with van der Waals surface area (Å²) < 4.78 is 0. The van der Waals surface area contributed by atoms with Crippen LogP contribution >= 0.6 is 0 Å². The van der Waals surface area contributed by atoms with Crippen molar-refractivity contribution in [2.45, 2.75) is 20.3 Å². The molecule has 0 aliphatic carbocycles. The minimum atomic E-state index is -0.915. The molecule has 0 bridgehead atoms. The highest BCUT2D eigenvalue weighted by molar-refractivity contribution is 5.87. The fourth-order valence-corrected chi connectivity index (χ4v) is 1.71. The first-order chi connectivity index (χ1) is 9.56. The van der Waals surface area contributed by atoms with E-state index in [1.165, 1.54) is 0 Å². The Morgan fingerprint density at radius 1 is 1.25 bits per heavy atom. The van der Waals surface area contributed by atoms with E-state index in [0.29, 0.717) is 24.5 Å². The smallest absolute Gasteiger partial charge is 0.335 e. The van der Waals surface area contributed by atoms with Gasteiger partial charge in [-0.15, -0.1) is 5.10 Å². The fraction of sp³-hybridized carbons (Fsp3) is 0.286. The zero-order chi connectivity index (χ0) is 14.5. The zero-order valence-corrected chi connectivity index (χ0v) is 11.4. The second-order valence-corrected chi connectivity index (χ2v) is 4.49. The summed E-state index contributed by atoms with van der Waals surface area (Å²) in [6.07, 6.45) is 0.692. The van der Waals surface area contributed by atoms with Crippen molar-refractivity contribution in [2.24, 2.45) is 0 Å². The third-order valence-corrected chi connectivity index (χ3v) is 2.96.